The number of carbonyl (C=O) groups excluding carboxylic acids is 4. The summed E-state index contributed by atoms with van der Waals surface area (Å²) in [7, 11) is 1.13. The number of thioether (sulfide) groups is 1. The summed E-state index contributed by atoms with van der Waals surface area (Å²) in [5.74, 6) is -2.99. The van der Waals surface area contributed by atoms with E-state index in [1.807, 2.05) is 0 Å². The molecule has 0 radical (unpaired) electrons. The molecule has 1 amide bonds. The Labute approximate surface area is 149 Å². The first-order chi connectivity index (χ1) is 11.5. The molecular formula is C15H21NO8S. The van der Waals surface area contributed by atoms with E-state index >= 15 is 0 Å². The van der Waals surface area contributed by atoms with Crippen LogP contribution < -0.4 is 0 Å². The van der Waals surface area contributed by atoms with E-state index in [1.54, 1.807) is 6.92 Å². The van der Waals surface area contributed by atoms with Gasteiger partial charge in [0.2, 0.25) is 5.91 Å². The fourth-order valence-corrected chi connectivity index (χ4v) is 4.43. The van der Waals surface area contributed by atoms with E-state index in [4.69, 9.17) is 14.2 Å². The maximum Gasteiger partial charge on any atom is 0.511 e. The van der Waals surface area contributed by atoms with E-state index in [9.17, 15) is 19.2 Å². The van der Waals surface area contributed by atoms with Gasteiger partial charge in [-0.15, -0.1) is 11.8 Å². The maximum atomic E-state index is 12.7. The number of β-lactam (4-membered cyclic amide) rings is 1. The third-order valence-electron chi connectivity index (χ3n) is 3.84. The fourth-order valence-electron chi connectivity index (χ4n) is 2.76. The molecule has 0 N–H and O–H groups in total. The molecule has 10 heteroatoms. The number of esters is 2. The van der Waals surface area contributed by atoms with E-state index in [2.05, 4.69) is 4.74 Å². The van der Waals surface area contributed by atoms with Crippen molar-refractivity contribution in [1.29, 1.82) is 0 Å². The van der Waals surface area contributed by atoms with Crippen molar-refractivity contribution in [1.82, 2.24) is 4.90 Å². The number of hydrogen-bond acceptors (Lipinski definition) is 9. The van der Waals surface area contributed by atoms with Crippen LogP contribution >= 0.6 is 11.8 Å². The van der Waals surface area contributed by atoms with Gasteiger partial charge < -0.3 is 23.8 Å². The van der Waals surface area contributed by atoms with Gasteiger partial charge in [-0.3, -0.25) is 9.59 Å². The highest BCUT2D eigenvalue weighted by atomic mass is 32.2. The Bertz CT molecular complexity index is 606. The highest BCUT2D eigenvalue weighted by Gasteiger charge is 2.62. The van der Waals surface area contributed by atoms with Gasteiger partial charge in [0.1, 0.15) is 12.6 Å². The van der Waals surface area contributed by atoms with E-state index in [-0.39, 0.29) is 17.9 Å². The second-order valence-electron chi connectivity index (χ2n) is 6.45. The summed E-state index contributed by atoms with van der Waals surface area (Å²) in [6, 6.07) is -0.955. The number of nitrogens with zero attached hydrogens (tertiary/aromatic N) is 1. The molecule has 0 aromatic carbocycles. The largest absolute Gasteiger partial charge is 0.511 e. The highest BCUT2D eigenvalue weighted by Crippen LogP contribution is 2.51. The zero-order valence-corrected chi connectivity index (χ0v) is 15.5. The molecule has 140 valence electrons. The van der Waals surface area contributed by atoms with Crippen LogP contribution in [0.25, 0.3) is 0 Å². The van der Waals surface area contributed by atoms with Gasteiger partial charge in [-0.25, -0.2) is 9.59 Å². The predicted molar refractivity (Wildman–Crippen MR) is 85.3 cm³/mol. The fraction of sp³-hybridized carbons (Fsp3) is 0.733. The molecule has 0 saturated carbocycles. The molecule has 0 bridgehead atoms. The van der Waals surface area contributed by atoms with Gasteiger partial charge in [-0.1, -0.05) is 0 Å². The minimum absolute atomic E-state index is 0.0503. The summed E-state index contributed by atoms with van der Waals surface area (Å²) < 4.78 is 18.8. The van der Waals surface area contributed by atoms with Gasteiger partial charge in [-0.05, 0) is 6.92 Å². The van der Waals surface area contributed by atoms with Crippen LogP contribution in [-0.2, 0) is 33.3 Å². The highest BCUT2D eigenvalue weighted by molar-refractivity contribution is 8.01. The van der Waals surface area contributed by atoms with Gasteiger partial charge >= 0.3 is 18.1 Å². The molecule has 0 aromatic heterocycles. The van der Waals surface area contributed by atoms with Gasteiger partial charge in [-0.2, -0.15) is 0 Å². The van der Waals surface area contributed by atoms with Crippen LogP contribution in [0.4, 0.5) is 4.79 Å². The van der Waals surface area contributed by atoms with Crippen LogP contribution in [0.2, 0.25) is 0 Å². The zero-order chi connectivity index (χ0) is 19.0. The van der Waals surface area contributed by atoms with Crippen molar-refractivity contribution < 1.29 is 38.1 Å². The summed E-state index contributed by atoms with van der Waals surface area (Å²) in [5, 5.41) is -0.171. The maximum absolute atomic E-state index is 12.7. The van der Waals surface area contributed by atoms with E-state index in [1.165, 1.54) is 37.4 Å². The molecule has 9 nitrogen and oxygen atoms in total. The Morgan fingerprint density at radius 1 is 1.32 bits per heavy atom. The van der Waals surface area contributed by atoms with Gasteiger partial charge in [0.05, 0.1) is 23.7 Å². The second kappa shape index (κ2) is 6.74. The number of carbonyl (C=O) groups is 4. The van der Waals surface area contributed by atoms with Crippen LogP contribution in [-0.4, -0.2) is 64.6 Å². The van der Waals surface area contributed by atoms with E-state index in [0.29, 0.717) is 6.42 Å². The number of rotatable bonds is 5. The lowest BCUT2D eigenvalue weighted by Crippen LogP contribution is -2.59. The summed E-state index contributed by atoms with van der Waals surface area (Å²) in [4.78, 5) is 48.5. The summed E-state index contributed by atoms with van der Waals surface area (Å²) in [6.45, 7) is 5.70. The molecule has 2 heterocycles. The first-order valence-electron chi connectivity index (χ1n) is 7.61. The molecule has 0 aliphatic carbocycles. The van der Waals surface area contributed by atoms with Gasteiger partial charge in [0.15, 0.2) is 0 Å². The minimum atomic E-state index is -1.58. The van der Waals surface area contributed by atoms with Crippen molar-refractivity contribution in [3.05, 3.63) is 0 Å². The number of hydrogen-bond donors (Lipinski definition) is 0. The Kier molecular flexibility index (Phi) is 5.22. The van der Waals surface area contributed by atoms with Crippen molar-refractivity contribution in [3.63, 3.8) is 0 Å². The number of amides is 1. The quantitative estimate of drug-likeness (QED) is 0.301. The van der Waals surface area contributed by atoms with Crippen LogP contribution in [0, 0.1) is 0 Å². The number of fused-ring (bicyclic) bond motifs is 1. The lowest BCUT2D eigenvalue weighted by molar-refractivity contribution is -0.208. The molecular weight excluding hydrogens is 354 g/mol. The smallest absolute Gasteiger partial charge is 0.464 e. The predicted octanol–water partition coefficient (Wildman–Crippen LogP) is 1.04. The normalized spacial score (nSPS) is 27.9. The first-order valence-corrected chi connectivity index (χ1v) is 8.49. The monoisotopic (exact) mass is 375 g/mol. The number of methoxy groups -OCH3 is 1. The lowest BCUT2D eigenvalue weighted by Gasteiger charge is -2.38. The van der Waals surface area contributed by atoms with Crippen LogP contribution in [0.15, 0.2) is 0 Å². The Morgan fingerprint density at radius 3 is 2.48 bits per heavy atom. The minimum Gasteiger partial charge on any atom is -0.464 e. The third kappa shape index (κ3) is 4.00. The molecule has 25 heavy (non-hydrogen) atoms. The molecule has 3 atom stereocenters. The molecule has 2 saturated heterocycles. The summed E-state index contributed by atoms with van der Waals surface area (Å²) in [6.07, 6.45) is -0.689. The van der Waals surface area contributed by atoms with Crippen molar-refractivity contribution in [2.75, 3.05) is 13.7 Å². The van der Waals surface area contributed by atoms with Gasteiger partial charge in [0, 0.05) is 20.8 Å². The molecule has 3 unspecified atom stereocenters. The average molecular weight is 375 g/mol. The molecule has 2 aliphatic rings. The van der Waals surface area contributed by atoms with Crippen molar-refractivity contribution >= 4 is 35.8 Å². The van der Waals surface area contributed by atoms with Crippen LogP contribution in [0.1, 0.15) is 34.1 Å². The second-order valence-corrected chi connectivity index (χ2v) is 8.16. The molecule has 2 fully saturated rings. The van der Waals surface area contributed by atoms with Gasteiger partial charge in [0.25, 0.3) is 5.79 Å². The Balaban J connectivity index is 2.16. The lowest BCUT2D eigenvalue weighted by atomic mass is 9.97. The van der Waals surface area contributed by atoms with E-state index < -0.39 is 34.7 Å². The van der Waals surface area contributed by atoms with Crippen LogP contribution in [0.3, 0.4) is 0 Å². The van der Waals surface area contributed by atoms with E-state index in [0.717, 1.165) is 7.11 Å². The molecule has 2 rings (SSSR count). The average Bonchev–Trinajstić information content (AvgIpc) is 2.72. The topological polar surface area (TPSA) is 108 Å². The van der Waals surface area contributed by atoms with Crippen molar-refractivity contribution in [2.45, 2.75) is 56.1 Å². The SMILES string of the molecule is COC(=O)OC(C)(C)OC(=O)C1N2C(=O)CC2SC1(C)COC(C)=O. The first kappa shape index (κ1) is 19.4. The summed E-state index contributed by atoms with van der Waals surface area (Å²) in [5.41, 5.74) is 0. The van der Waals surface area contributed by atoms with Crippen LogP contribution in [0.5, 0.6) is 0 Å². The van der Waals surface area contributed by atoms with Crippen molar-refractivity contribution in [2.24, 2.45) is 0 Å². The zero-order valence-electron chi connectivity index (χ0n) is 14.7. The third-order valence-corrected chi connectivity index (χ3v) is 5.38. The Morgan fingerprint density at radius 2 is 1.96 bits per heavy atom. The molecule has 2 aliphatic heterocycles. The molecule has 0 aromatic rings. The standard InChI is InChI=1S/C15H21NO8S/c1-8(17)22-7-15(4)11(16-9(18)6-10(16)25-15)12(19)23-14(2,3)24-13(20)21-5/h10-11H,6-7H2,1-5H3. The molecule has 0 spiro atoms. The Hall–Kier alpha value is -1.97. The number of ether oxygens (including phenoxy) is 4. The van der Waals surface area contributed by atoms with Crippen molar-refractivity contribution in [3.8, 4) is 0 Å². The summed E-state index contributed by atoms with van der Waals surface area (Å²) >= 11 is 1.38.